The Morgan fingerprint density at radius 3 is 2.44 bits per heavy atom. The van der Waals surface area contributed by atoms with E-state index in [1.54, 1.807) is 0 Å². The Labute approximate surface area is 99.3 Å². The van der Waals surface area contributed by atoms with Crippen LogP contribution in [-0.2, 0) is 9.47 Å². The highest BCUT2D eigenvalue weighted by Crippen LogP contribution is 2.15. The molecule has 0 aromatic rings. The summed E-state index contributed by atoms with van der Waals surface area (Å²) in [6.45, 7) is 7.95. The smallest absolute Gasteiger partial charge is 0.177 e. The first kappa shape index (κ1) is 13.5. The molecule has 0 aromatic carbocycles. The number of rotatable bonds is 6. The van der Waals surface area contributed by atoms with Gasteiger partial charge in [-0.25, -0.2) is 0 Å². The predicted octanol–water partition coefficient (Wildman–Crippen LogP) is 3.83. The van der Waals surface area contributed by atoms with E-state index in [1.165, 1.54) is 36.8 Å². The van der Waals surface area contributed by atoms with Gasteiger partial charge in [-0.15, -0.1) is 0 Å². The lowest BCUT2D eigenvalue weighted by Gasteiger charge is -2.06. The summed E-state index contributed by atoms with van der Waals surface area (Å²) in [5, 5.41) is 0. The summed E-state index contributed by atoms with van der Waals surface area (Å²) in [4.78, 5) is 0. The Morgan fingerprint density at radius 2 is 1.81 bits per heavy atom. The van der Waals surface area contributed by atoms with E-state index in [-0.39, 0.29) is 6.29 Å². The first-order chi connectivity index (χ1) is 7.74. The van der Waals surface area contributed by atoms with Gasteiger partial charge in [-0.3, -0.25) is 0 Å². The van der Waals surface area contributed by atoms with Crippen LogP contribution in [0.5, 0.6) is 0 Å². The van der Waals surface area contributed by atoms with Gasteiger partial charge >= 0.3 is 0 Å². The Morgan fingerprint density at radius 1 is 1.12 bits per heavy atom. The van der Waals surface area contributed by atoms with Crippen LogP contribution in [0.4, 0.5) is 0 Å². The second kappa shape index (κ2) is 7.64. The van der Waals surface area contributed by atoms with Crippen LogP contribution in [0.2, 0.25) is 0 Å². The average Bonchev–Trinajstić information content (AvgIpc) is 2.76. The van der Waals surface area contributed by atoms with E-state index in [0.717, 1.165) is 0 Å². The summed E-state index contributed by atoms with van der Waals surface area (Å²) in [5.41, 5.74) is 2.61. The second-order valence-electron chi connectivity index (χ2n) is 4.34. The third-order valence-corrected chi connectivity index (χ3v) is 2.91. The van der Waals surface area contributed by atoms with Gasteiger partial charge in [0, 0.05) is 0 Å². The molecule has 1 heterocycles. The molecule has 1 rings (SSSR count). The van der Waals surface area contributed by atoms with E-state index >= 15 is 0 Å². The van der Waals surface area contributed by atoms with E-state index in [1.807, 2.05) is 0 Å². The largest absolute Gasteiger partial charge is 0.347 e. The standard InChI is InChI=1S/C14H24O2/c1-4-5-6-7-8-12(2)13(3)11-14-15-9-10-16-14/h8,11,14H,4-7,9-10H2,1-3H3/b12-8+,13-11+. The quantitative estimate of drug-likeness (QED) is 0.504. The van der Waals surface area contributed by atoms with Crippen molar-refractivity contribution in [3.05, 3.63) is 23.3 Å². The lowest BCUT2D eigenvalue weighted by atomic mass is 10.1. The summed E-state index contributed by atoms with van der Waals surface area (Å²) < 4.78 is 10.8. The first-order valence-corrected chi connectivity index (χ1v) is 6.32. The fourth-order valence-electron chi connectivity index (χ4n) is 1.68. The van der Waals surface area contributed by atoms with Crippen LogP contribution in [0.25, 0.3) is 0 Å². The molecule has 92 valence electrons. The van der Waals surface area contributed by atoms with Crippen LogP contribution in [-0.4, -0.2) is 19.5 Å². The Bertz CT molecular complexity index is 247. The maximum absolute atomic E-state index is 5.39. The zero-order valence-corrected chi connectivity index (χ0v) is 10.8. The van der Waals surface area contributed by atoms with Gasteiger partial charge in [-0.05, 0) is 38.3 Å². The molecule has 0 spiro atoms. The van der Waals surface area contributed by atoms with Crippen LogP contribution >= 0.6 is 0 Å². The maximum atomic E-state index is 5.39. The SMILES string of the molecule is CCCCC/C=C(C)/C(C)=C/C1OCCO1. The molecule has 1 aliphatic heterocycles. The summed E-state index contributed by atoms with van der Waals surface area (Å²) in [5.74, 6) is 0. The van der Waals surface area contributed by atoms with Gasteiger partial charge in [0.15, 0.2) is 6.29 Å². The Kier molecular flexibility index (Phi) is 6.43. The fourth-order valence-corrected chi connectivity index (χ4v) is 1.68. The molecule has 0 amide bonds. The molecule has 0 radical (unpaired) electrons. The molecule has 0 aromatic heterocycles. The van der Waals surface area contributed by atoms with Crippen LogP contribution in [0, 0.1) is 0 Å². The van der Waals surface area contributed by atoms with E-state index in [2.05, 4.69) is 32.9 Å². The molecular weight excluding hydrogens is 200 g/mol. The summed E-state index contributed by atoms with van der Waals surface area (Å²) >= 11 is 0. The molecule has 0 unspecified atom stereocenters. The molecule has 0 bridgehead atoms. The van der Waals surface area contributed by atoms with Crippen LogP contribution in [0.15, 0.2) is 23.3 Å². The summed E-state index contributed by atoms with van der Waals surface area (Å²) in [6.07, 6.45) is 9.33. The van der Waals surface area contributed by atoms with Crippen LogP contribution < -0.4 is 0 Å². The van der Waals surface area contributed by atoms with Crippen LogP contribution in [0.1, 0.15) is 46.5 Å². The normalized spacial score (nSPS) is 19.4. The summed E-state index contributed by atoms with van der Waals surface area (Å²) in [7, 11) is 0. The molecule has 1 saturated heterocycles. The van der Waals surface area contributed by atoms with Crippen molar-refractivity contribution in [2.75, 3.05) is 13.2 Å². The third kappa shape index (κ3) is 4.95. The van der Waals surface area contributed by atoms with Gasteiger partial charge in [-0.1, -0.05) is 31.4 Å². The van der Waals surface area contributed by atoms with Gasteiger partial charge in [-0.2, -0.15) is 0 Å². The van der Waals surface area contributed by atoms with E-state index in [0.29, 0.717) is 13.2 Å². The van der Waals surface area contributed by atoms with Gasteiger partial charge in [0.05, 0.1) is 13.2 Å². The minimum Gasteiger partial charge on any atom is -0.347 e. The first-order valence-electron chi connectivity index (χ1n) is 6.32. The fraction of sp³-hybridized carbons (Fsp3) is 0.714. The molecule has 2 heteroatoms. The lowest BCUT2D eigenvalue weighted by molar-refractivity contribution is -0.00203. The van der Waals surface area contributed by atoms with Gasteiger partial charge < -0.3 is 9.47 Å². The van der Waals surface area contributed by atoms with Crippen molar-refractivity contribution in [2.45, 2.75) is 52.7 Å². The van der Waals surface area contributed by atoms with Gasteiger partial charge in [0.1, 0.15) is 0 Å². The molecular formula is C14H24O2. The molecule has 1 aliphatic rings. The van der Waals surface area contributed by atoms with Crippen molar-refractivity contribution in [2.24, 2.45) is 0 Å². The highest BCUT2D eigenvalue weighted by molar-refractivity contribution is 5.27. The summed E-state index contributed by atoms with van der Waals surface area (Å²) in [6, 6.07) is 0. The minimum absolute atomic E-state index is 0.126. The predicted molar refractivity (Wildman–Crippen MR) is 67.3 cm³/mol. The topological polar surface area (TPSA) is 18.5 Å². The van der Waals surface area contributed by atoms with E-state index in [9.17, 15) is 0 Å². The Hall–Kier alpha value is -0.600. The number of hydrogen-bond acceptors (Lipinski definition) is 2. The van der Waals surface area contributed by atoms with Gasteiger partial charge in [0.25, 0.3) is 0 Å². The molecule has 0 saturated carbocycles. The molecule has 1 fully saturated rings. The lowest BCUT2D eigenvalue weighted by Crippen LogP contribution is -2.03. The highest BCUT2D eigenvalue weighted by Gasteiger charge is 2.12. The monoisotopic (exact) mass is 224 g/mol. The number of hydrogen-bond donors (Lipinski definition) is 0. The molecule has 0 aliphatic carbocycles. The molecule has 16 heavy (non-hydrogen) atoms. The average molecular weight is 224 g/mol. The highest BCUT2D eigenvalue weighted by atomic mass is 16.7. The minimum atomic E-state index is -0.126. The Balaban J connectivity index is 2.35. The van der Waals surface area contributed by atoms with Crippen molar-refractivity contribution in [3.63, 3.8) is 0 Å². The third-order valence-electron chi connectivity index (χ3n) is 2.91. The van der Waals surface area contributed by atoms with Gasteiger partial charge in [0.2, 0.25) is 0 Å². The van der Waals surface area contributed by atoms with Crippen molar-refractivity contribution in [1.82, 2.24) is 0 Å². The molecule has 2 nitrogen and oxygen atoms in total. The van der Waals surface area contributed by atoms with E-state index < -0.39 is 0 Å². The zero-order valence-electron chi connectivity index (χ0n) is 10.8. The number of ether oxygens (including phenoxy) is 2. The van der Waals surface area contributed by atoms with Crippen molar-refractivity contribution in [1.29, 1.82) is 0 Å². The second-order valence-corrected chi connectivity index (χ2v) is 4.34. The number of allylic oxidation sites excluding steroid dienone is 3. The maximum Gasteiger partial charge on any atom is 0.177 e. The number of unbranched alkanes of at least 4 members (excludes halogenated alkanes) is 3. The van der Waals surface area contributed by atoms with E-state index in [4.69, 9.17) is 9.47 Å². The zero-order chi connectivity index (χ0) is 11.8. The van der Waals surface area contributed by atoms with Crippen molar-refractivity contribution < 1.29 is 9.47 Å². The van der Waals surface area contributed by atoms with Crippen molar-refractivity contribution in [3.8, 4) is 0 Å². The van der Waals surface area contributed by atoms with Crippen molar-refractivity contribution >= 4 is 0 Å². The molecule has 0 atom stereocenters. The molecule has 0 N–H and O–H groups in total. The van der Waals surface area contributed by atoms with Crippen LogP contribution in [0.3, 0.4) is 0 Å².